The molecule has 3 rings (SSSR count). The van der Waals surface area contributed by atoms with Crippen molar-refractivity contribution < 1.29 is 9.53 Å². The normalized spacial score (nSPS) is 18.3. The Morgan fingerprint density at radius 1 is 1.36 bits per heavy atom. The molecule has 1 aliphatic rings. The molecule has 6 heteroatoms. The Balaban J connectivity index is 1.96. The second-order valence-electron chi connectivity index (χ2n) is 5.13. The zero-order chi connectivity index (χ0) is 15.5. The van der Waals surface area contributed by atoms with Gasteiger partial charge in [-0.15, -0.1) is 0 Å². The summed E-state index contributed by atoms with van der Waals surface area (Å²) in [5, 5.41) is 0.643. The van der Waals surface area contributed by atoms with Gasteiger partial charge in [0.1, 0.15) is 6.10 Å². The van der Waals surface area contributed by atoms with Crippen LogP contribution in [0.1, 0.15) is 18.7 Å². The summed E-state index contributed by atoms with van der Waals surface area (Å²) in [6.07, 6.45) is 3.01. The maximum Gasteiger partial charge on any atom is 0.219 e. The highest BCUT2D eigenvalue weighted by molar-refractivity contribution is 6.30. The molecule has 0 N–H and O–H groups in total. The summed E-state index contributed by atoms with van der Waals surface area (Å²) in [6, 6.07) is 7.47. The van der Waals surface area contributed by atoms with E-state index >= 15 is 0 Å². The SMILES string of the molecule is CC(=O)N1CCOC(c2nccnc2-c2cccc(Cl)c2)C1. The van der Waals surface area contributed by atoms with E-state index in [2.05, 4.69) is 9.97 Å². The number of morpholine rings is 1. The summed E-state index contributed by atoms with van der Waals surface area (Å²) in [6.45, 7) is 3.16. The minimum absolute atomic E-state index is 0.0431. The van der Waals surface area contributed by atoms with Gasteiger partial charge in [-0.2, -0.15) is 0 Å². The Labute approximate surface area is 133 Å². The van der Waals surface area contributed by atoms with Crippen molar-refractivity contribution in [3.05, 3.63) is 47.4 Å². The third-order valence-electron chi connectivity index (χ3n) is 3.64. The standard InChI is InChI=1S/C16H16ClN3O2/c1-11(21)20-7-8-22-14(10-20)16-15(18-5-6-19-16)12-3-2-4-13(17)9-12/h2-6,9,14H,7-8,10H2,1H3. The molecule has 1 amide bonds. The van der Waals surface area contributed by atoms with Crippen LogP contribution >= 0.6 is 11.6 Å². The lowest BCUT2D eigenvalue weighted by Gasteiger charge is -2.32. The summed E-state index contributed by atoms with van der Waals surface area (Å²) in [7, 11) is 0. The van der Waals surface area contributed by atoms with Crippen molar-refractivity contribution in [3.8, 4) is 11.3 Å². The topological polar surface area (TPSA) is 55.3 Å². The fourth-order valence-electron chi connectivity index (χ4n) is 2.54. The first-order chi connectivity index (χ1) is 10.6. The molecule has 22 heavy (non-hydrogen) atoms. The number of amides is 1. The number of halogens is 1. The molecule has 1 unspecified atom stereocenters. The molecule has 0 spiro atoms. The van der Waals surface area contributed by atoms with Crippen LogP contribution in [0.25, 0.3) is 11.3 Å². The van der Waals surface area contributed by atoms with Crippen molar-refractivity contribution in [2.45, 2.75) is 13.0 Å². The van der Waals surface area contributed by atoms with Gasteiger partial charge in [-0.05, 0) is 12.1 Å². The van der Waals surface area contributed by atoms with Gasteiger partial charge in [-0.1, -0.05) is 23.7 Å². The van der Waals surface area contributed by atoms with Crippen LogP contribution in [0.5, 0.6) is 0 Å². The Morgan fingerprint density at radius 2 is 2.18 bits per heavy atom. The molecular weight excluding hydrogens is 302 g/mol. The van der Waals surface area contributed by atoms with Crippen LogP contribution in [0.3, 0.4) is 0 Å². The first-order valence-electron chi connectivity index (χ1n) is 7.09. The first kappa shape index (κ1) is 14.9. The number of nitrogens with zero attached hydrogens (tertiary/aromatic N) is 3. The second kappa shape index (κ2) is 6.42. The van der Waals surface area contributed by atoms with Crippen LogP contribution in [0.4, 0.5) is 0 Å². The van der Waals surface area contributed by atoms with Crippen LogP contribution in [0.15, 0.2) is 36.7 Å². The quantitative estimate of drug-likeness (QED) is 0.854. The molecule has 1 aromatic heterocycles. The molecule has 2 heterocycles. The molecule has 0 aliphatic carbocycles. The van der Waals surface area contributed by atoms with E-state index in [-0.39, 0.29) is 12.0 Å². The van der Waals surface area contributed by atoms with E-state index in [9.17, 15) is 4.79 Å². The van der Waals surface area contributed by atoms with Crippen molar-refractivity contribution in [1.29, 1.82) is 0 Å². The molecule has 1 atom stereocenters. The minimum Gasteiger partial charge on any atom is -0.368 e. The summed E-state index contributed by atoms with van der Waals surface area (Å²) >= 11 is 6.07. The molecule has 1 fully saturated rings. The second-order valence-corrected chi connectivity index (χ2v) is 5.56. The third-order valence-corrected chi connectivity index (χ3v) is 3.88. The molecule has 0 saturated carbocycles. The number of benzene rings is 1. The first-order valence-corrected chi connectivity index (χ1v) is 7.47. The number of aromatic nitrogens is 2. The van der Waals surface area contributed by atoms with Crippen molar-refractivity contribution in [2.75, 3.05) is 19.7 Å². The molecule has 1 aromatic carbocycles. The molecule has 114 valence electrons. The Morgan fingerprint density at radius 3 is 2.95 bits per heavy atom. The van der Waals surface area contributed by atoms with E-state index in [1.165, 1.54) is 0 Å². The summed E-state index contributed by atoms with van der Waals surface area (Å²) in [4.78, 5) is 22.2. The van der Waals surface area contributed by atoms with Gasteiger partial charge in [-0.3, -0.25) is 14.8 Å². The van der Waals surface area contributed by atoms with Crippen molar-refractivity contribution in [1.82, 2.24) is 14.9 Å². The molecule has 0 radical (unpaired) electrons. The molecule has 1 saturated heterocycles. The maximum absolute atomic E-state index is 11.6. The van der Waals surface area contributed by atoms with Crippen molar-refractivity contribution >= 4 is 17.5 Å². The summed E-state index contributed by atoms with van der Waals surface area (Å²) < 4.78 is 5.81. The predicted octanol–water partition coefficient (Wildman–Crippen LogP) is 2.72. The van der Waals surface area contributed by atoms with Gasteiger partial charge >= 0.3 is 0 Å². The van der Waals surface area contributed by atoms with Crippen molar-refractivity contribution in [2.24, 2.45) is 0 Å². The van der Waals surface area contributed by atoms with Crippen LogP contribution < -0.4 is 0 Å². The fraction of sp³-hybridized carbons (Fsp3) is 0.312. The smallest absolute Gasteiger partial charge is 0.219 e. The number of hydrogen-bond acceptors (Lipinski definition) is 4. The van der Waals surface area contributed by atoms with E-state index in [4.69, 9.17) is 16.3 Å². The van der Waals surface area contributed by atoms with Crippen LogP contribution in [-0.4, -0.2) is 40.5 Å². The van der Waals surface area contributed by atoms with E-state index in [1.807, 2.05) is 24.3 Å². The largest absolute Gasteiger partial charge is 0.368 e. The number of hydrogen-bond donors (Lipinski definition) is 0. The van der Waals surface area contributed by atoms with Gasteiger partial charge in [0.15, 0.2) is 0 Å². The lowest BCUT2D eigenvalue weighted by atomic mass is 10.1. The predicted molar refractivity (Wildman–Crippen MR) is 83.4 cm³/mol. The zero-order valence-corrected chi connectivity index (χ0v) is 13.0. The highest BCUT2D eigenvalue weighted by atomic mass is 35.5. The third kappa shape index (κ3) is 3.10. The van der Waals surface area contributed by atoms with E-state index < -0.39 is 0 Å². The molecule has 0 bridgehead atoms. The van der Waals surface area contributed by atoms with Crippen LogP contribution in [0, 0.1) is 0 Å². The number of rotatable bonds is 2. The van der Waals surface area contributed by atoms with Crippen LogP contribution in [-0.2, 0) is 9.53 Å². The molecule has 1 aliphatic heterocycles. The van der Waals surface area contributed by atoms with Gasteiger partial charge in [0.2, 0.25) is 5.91 Å². The van der Waals surface area contributed by atoms with Crippen LogP contribution in [0.2, 0.25) is 5.02 Å². The number of carbonyl (C=O) groups excluding carboxylic acids is 1. The Kier molecular flexibility index (Phi) is 4.36. The number of ether oxygens (including phenoxy) is 1. The highest BCUT2D eigenvalue weighted by Crippen LogP contribution is 2.30. The molecular formula is C16H16ClN3O2. The van der Waals surface area contributed by atoms with Gasteiger partial charge in [-0.25, -0.2) is 0 Å². The summed E-state index contributed by atoms with van der Waals surface area (Å²) in [5.74, 6) is 0.0431. The molecule has 2 aromatic rings. The van der Waals surface area contributed by atoms with Crippen molar-refractivity contribution in [3.63, 3.8) is 0 Å². The molecule has 5 nitrogen and oxygen atoms in total. The average molecular weight is 318 g/mol. The van der Waals surface area contributed by atoms with E-state index in [1.54, 1.807) is 24.2 Å². The summed E-state index contributed by atoms with van der Waals surface area (Å²) in [5.41, 5.74) is 2.36. The Bertz CT molecular complexity index is 693. The van der Waals surface area contributed by atoms with Gasteiger partial charge in [0.05, 0.1) is 24.5 Å². The van der Waals surface area contributed by atoms with E-state index in [0.717, 1.165) is 17.0 Å². The zero-order valence-electron chi connectivity index (χ0n) is 12.2. The highest BCUT2D eigenvalue weighted by Gasteiger charge is 2.27. The monoisotopic (exact) mass is 317 g/mol. The van der Waals surface area contributed by atoms with Gasteiger partial charge in [0.25, 0.3) is 0 Å². The lowest BCUT2D eigenvalue weighted by molar-refractivity contribution is -0.136. The van der Waals surface area contributed by atoms with E-state index in [0.29, 0.717) is 24.7 Å². The van der Waals surface area contributed by atoms with Gasteiger partial charge in [0, 0.05) is 36.4 Å². The fourth-order valence-corrected chi connectivity index (χ4v) is 2.73. The van der Waals surface area contributed by atoms with Gasteiger partial charge < -0.3 is 9.64 Å². The minimum atomic E-state index is -0.277. The number of carbonyl (C=O) groups is 1. The average Bonchev–Trinajstić information content (AvgIpc) is 2.55. The maximum atomic E-state index is 11.6. The lowest BCUT2D eigenvalue weighted by Crippen LogP contribution is -2.41. The Hall–Kier alpha value is -1.98.